The fourth-order valence-electron chi connectivity index (χ4n) is 5.66. The number of methoxy groups -OCH3 is 1. The Bertz CT molecular complexity index is 1320. The maximum absolute atomic E-state index is 13.7. The van der Waals surface area contributed by atoms with Gasteiger partial charge in [-0.2, -0.15) is 5.10 Å². The van der Waals surface area contributed by atoms with Gasteiger partial charge in [0.15, 0.2) is 5.69 Å². The highest BCUT2D eigenvalue weighted by Gasteiger charge is 2.38. The average Bonchev–Trinajstić information content (AvgIpc) is 3.50. The fraction of sp³-hybridized carbons (Fsp3) is 0.333. The second kappa shape index (κ2) is 9.14. The van der Waals surface area contributed by atoms with Crippen molar-refractivity contribution in [2.24, 2.45) is 11.5 Å². The predicted octanol–water partition coefficient (Wildman–Crippen LogP) is 2.87. The Morgan fingerprint density at radius 1 is 1.00 bits per heavy atom. The lowest BCUT2D eigenvalue weighted by Crippen LogP contribution is -2.39. The van der Waals surface area contributed by atoms with E-state index in [9.17, 15) is 14.4 Å². The van der Waals surface area contributed by atoms with Crippen LogP contribution in [-0.4, -0.2) is 41.2 Å². The number of carbonyl (C=O) groups is 3. The van der Waals surface area contributed by atoms with Crippen LogP contribution in [-0.2, 0) is 16.6 Å². The molecule has 186 valence electrons. The highest BCUT2D eigenvalue weighted by molar-refractivity contribution is 6.09. The monoisotopic (exact) mass is 487 g/mol. The molecule has 2 aliphatic rings. The van der Waals surface area contributed by atoms with Crippen LogP contribution in [0.5, 0.6) is 5.75 Å². The van der Waals surface area contributed by atoms with Gasteiger partial charge in [-0.1, -0.05) is 25.0 Å². The summed E-state index contributed by atoms with van der Waals surface area (Å²) in [6, 6.07) is 14.9. The van der Waals surface area contributed by atoms with Gasteiger partial charge in [-0.3, -0.25) is 14.4 Å². The van der Waals surface area contributed by atoms with Gasteiger partial charge in [0.2, 0.25) is 5.91 Å². The molecule has 0 spiro atoms. The van der Waals surface area contributed by atoms with E-state index in [2.05, 4.69) is 5.10 Å². The first-order valence-corrected chi connectivity index (χ1v) is 12.1. The molecule has 5 rings (SSSR count). The molecule has 36 heavy (non-hydrogen) atoms. The zero-order chi connectivity index (χ0) is 25.4. The molecule has 2 aromatic carbocycles. The highest BCUT2D eigenvalue weighted by atomic mass is 16.5. The average molecular weight is 488 g/mol. The Morgan fingerprint density at radius 2 is 1.64 bits per heavy atom. The van der Waals surface area contributed by atoms with Gasteiger partial charge in [0.1, 0.15) is 11.4 Å². The molecule has 2 heterocycles. The number of aromatic nitrogens is 2. The van der Waals surface area contributed by atoms with E-state index in [0.29, 0.717) is 42.1 Å². The number of anilines is 1. The number of nitrogens with zero attached hydrogens (tertiary/aromatic N) is 3. The van der Waals surface area contributed by atoms with Gasteiger partial charge in [0.05, 0.1) is 12.8 Å². The van der Waals surface area contributed by atoms with Crippen LogP contribution in [0.2, 0.25) is 0 Å². The summed E-state index contributed by atoms with van der Waals surface area (Å²) in [5.74, 6) is -0.552. The SMILES string of the molecule is COc1ccc(-n2nc(C(N)=O)c3c2C(=O)N(c2ccc(C4(CC(N)=O)CCCC4)cc2)CC3)cc1. The van der Waals surface area contributed by atoms with Crippen molar-refractivity contribution >= 4 is 23.4 Å². The van der Waals surface area contributed by atoms with E-state index in [1.54, 1.807) is 36.3 Å². The molecule has 1 aliphatic heterocycles. The molecule has 0 atom stereocenters. The fourth-order valence-corrected chi connectivity index (χ4v) is 5.66. The van der Waals surface area contributed by atoms with E-state index in [1.165, 1.54) is 4.68 Å². The maximum atomic E-state index is 13.7. The van der Waals surface area contributed by atoms with Crippen LogP contribution in [0, 0.1) is 0 Å². The number of carbonyl (C=O) groups excluding carboxylic acids is 3. The summed E-state index contributed by atoms with van der Waals surface area (Å²) in [6.07, 6.45) is 4.77. The van der Waals surface area contributed by atoms with E-state index in [0.717, 1.165) is 36.9 Å². The molecule has 0 radical (unpaired) electrons. The molecule has 1 aromatic heterocycles. The van der Waals surface area contributed by atoms with Gasteiger partial charge in [-0.15, -0.1) is 0 Å². The first kappa shape index (κ1) is 23.6. The first-order chi connectivity index (χ1) is 17.3. The molecule has 9 nitrogen and oxygen atoms in total. The molecule has 1 aliphatic carbocycles. The molecule has 4 N–H and O–H groups in total. The van der Waals surface area contributed by atoms with Gasteiger partial charge in [-0.05, 0) is 61.2 Å². The summed E-state index contributed by atoms with van der Waals surface area (Å²) in [5, 5.41) is 4.41. The van der Waals surface area contributed by atoms with Crippen LogP contribution in [0.3, 0.4) is 0 Å². The minimum atomic E-state index is -0.666. The second-order valence-corrected chi connectivity index (χ2v) is 9.53. The van der Waals surface area contributed by atoms with Gasteiger partial charge in [0, 0.05) is 29.6 Å². The predicted molar refractivity (Wildman–Crippen MR) is 134 cm³/mol. The number of hydrogen-bond acceptors (Lipinski definition) is 5. The van der Waals surface area contributed by atoms with Crippen molar-refractivity contribution in [2.75, 3.05) is 18.6 Å². The second-order valence-electron chi connectivity index (χ2n) is 9.53. The molecule has 0 bridgehead atoms. The number of amides is 3. The lowest BCUT2D eigenvalue weighted by atomic mass is 9.76. The smallest absolute Gasteiger partial charge is 0.277 e. The number of benzene rings is 2. The summed E-state index contributed by atoms with van der Waals surface area (Å²) in [5.41, 5.74) is 14.4. The molecule has 3 amide bonds. The van der Waals surface area contributed by atoms with Crippen LogP contribution in [0.1, 0.15) is 64.2 Å². The summed E-state index contributed by atoms with van der Waals surface area (Å²) in [4.78, 5) is 39.3. The lowest BCUT2D eigenvalue weighted by molar-refractivity contribution is -0.119. The van der Waals surface area contributed by atoms with Gasteiger partial charge in [-0.25, -0.2) is 4.68 Å². The standard InChI is InChI=1S/C27H29N5O4/c1-36-20-10-8-19(9-11-20)32-24-21(23(30-32)25(29)34)12-15-31(26(24)35)18-6-4-17(5-7-18)27(16-22(28)33)13-2-3-14-27/h4-11H,2-3,12-16H2,1H3,(H2,28,33)(H2,29,34). The van der Waals surface area contributed by atoms with Crippen molar-refractivity contribution in [3.8, 4) is 11.4 Å². The number of fused-ring (bicyclic) bond motifs is 1. The number of hydrogen-bond donors (Lipinski definition) is 2. The summed E-state index contributed by atoms with van der Waals surface area (Å²) < 4.78 is 6.71. The van der Waals surface area contributed by atoms with Crippen LogP contribution in [0.4, 0.5) is 5.69 Å². The zero-order valence-corrected chi connectivity index (χ0v) is 20.2. The summed E-state index contributed by atoms with van der Waals surface area (Å²) >= 11 is 0. The molecule has 0 unspecified atom stereocenters. The largest absolute Gasteiger partial charge is 0.497 e. The van der Waals surface area contributed by atoms with Crippen molar-refractivity contribution in [1.29, 1.82) is 0 Å². The summed E-state index contributed by atoms with van der Waals surface area (Å²) in [6.45, 7) is 0.395. The summed E-state index contributed by atoms with van der Waals surface area (Å²) in [7, 11) is 1.57. The van der Waals surface area contributed by atoms with E-state index < -0.39 is 5.91 Å². The molecule has 1 fully saturated rings. The minimum Gasteiger partial charge on any atom is -0.497 e. The van der Waals surface area contributed by atoms with E-state index in [4.69, 9.17) is 16.2 Å². The Kier molecular flexibility index (Phi) is 5.99. The quantitative estimate of drug-likeness (QED) is 0.529. The number of ether oxygens (including phenoxy) is 1. The molecule has 0 saturated heterocycles. The van der Waals surface area contributed by atoms with Crippen LogP contribution in [0.15, 0.2) is 48.5 Å². The topological polar surface area (TPSA) is 134 Å². The normalized spacial score (nSPS) is 16.6. The third-order valence-corrected chi connectivity index (χ3v) is 7.43. The van der Waals surface area contributed by atoms with Crippen molar-refractivity contribution < 1.29 is 19.1 Å². The Balaban J connectivity index is 1.50. The first-order valence-electron chi connectivity index (χ1n) is 12.1. The highest BCUT2D eigenvalue weighted by Crippen LogP contribution is 2.44. The van der Waals surface area contributed by atoms with E-state index >= 15 is 0 Å². The lowest BCUT2D eigenvalue weighted by Gasteiger charge is -2.31. The van der Waals surface area contributed by atoms with E-state index in [-0.39, 0.29) is 22.9 Å². The van der Waals surface area contributed by atoms with Crippen LogP contribution in [0.25, 0.3) is 5.69 Å². The van der Waals surface area contributed by atoms with Crippen molar-refractivity contribution in [2.45, 2.75) is 43.9 Å². The molecule has 1 saturated carbocycles. The van der Waals surface area contributed by atoms with Gasteiger partial charge < -0.3 is 21.1 Å². The van der Waals surface area contributed by atoms with E-state index in [1.807, 2.05) is 24.3 Å². The number of nitrogens with two attached hydrogens (primary N) is 2. The number of rotatable bonds is 7. The van der Waals surface area contributed by atoms with Crippen molar-refractivity contribution in [3.05, 3.63) is 71.0 Å². The molecular formula is C27H29N5O4. The van der Waals surface area contributed by atoms with Crippen LogP contribution >= 0.6 is 0 Å². The van der Waals surface area contributed by atoms with Crippen molar-refractivity contribution in [1.82, 2.24) is 9.78 Å². The Hall–Kier alpha value is -4.14. The Morgan fingerprint density at radius 3 is 2.22 bits per heavy atom. The minimum absolute atomic E-state index is 0.110. The maximum Gasteiger partial charge on any atom is 0.277 e. The Labute approximate surface area is 209 Å². The van der Waals surface area contributed by atoms with Crippen LogP contribution < -0.4 is 21.1 Å². The van der Waals surface area contributed by atoms with Gasteiger partial charge in [0.25, 0.3) is 11.8 Å². The van der Waals surface area contributed by atoms with Gasteiger partial charge >= 0.3 is 0 Å². The molecule has 9 heteroatoms. The zero-order valence-electron chi connectivity index (χ0n) is 20.2. The van der Waals surface area contributed by atoms with Crippen molar-refractivity contribution in [3.63, 3.8) is 0 Å². The third kappa shape index (κ3) is 4.00. The number of primary amides is 2. The molecule has 3 aromatic rings. The third-order valence-electron chi connectivity index (χ3n) is 7.43. The molecular weight excluding hydrogens is 458 g/mol.